The van der Waals surface area contributed by atoms with Crippen molar-refractivity contribution in [2.75, 3.05) is 73.3 Å². The number of nitrogens with one attached hydrogen (secondary N) is 3. The van der Waals surface area contributed by atoms with Crippen molar-refractivity contribution in [2.45, 2.75) is 117 Å². The van der Waals surface area contributed by atoms with Crippen molar-refractivity contribution in [1.82, 2.24) is 29.9 Å². The van der Waals surface area contributed by atoms with E-state index in [1.54, 1.807) is 75.0 Å². The van der Waals surface area contributed by atoms with Crippen molar-refractivity contribution in [1.29, 1.82) is 0 Å². The quantitative estimate of drug-likeness (QED) is 0.0743. The van der Waals surface area contributed by atoms with E-state index in [0.717, 1.165) is 108 Å². The van der Waals surface area contributed by atoms with Crippen LogP contribution in [0.5, 0.6) is 17.2 Å². The number of benzene rings is 6. The van der Waals surface area contributed by atoms with E-state index in [2.05, 4.69) is 71.6 Å². The summed E-state index contributed by atoms with van der Waals surface area (Å²) in [6.45, 7) is 14.3. The molecule has 2 saturated heterocycles. The zero-order valence-corrected chi connectivity index (χ0v) is 53.4. The second kappa shape index (κ2) is 29.7. The summed E-state index contributed by atoms with van der Waals surface area (Å²) < 4.78 is 140. The lowest BCUT2D eigenvalue weighted by molar-refractivity contribution is 0.145. The highest BCUT2D eigenvalue weighted by molar-refractivity contribution is 9.10. The van der Waals surface area contributed by atoms with Crippen molar-refractivity contribution >= 4 is 77.5 Å². The second-order valence-corrected chi connectivity index (χ2v) is 23.1. The van der Waals surface area contributed by atoms with Gasteiger partial charge in [0.15, 0.2) is 0 Å². The summed E-state index contributed by atoms with van der Waals surface area (Å²) in [5, 5.41) is 11.6. The van der Waals surface area contributed by atoms with E-state index in [1.807, 2.05) is 24.3 Å². The smallest absolute Gasteiger partial charge is 0.266 e. The summed E-state index contributed by atoms with van der Waals surface area (Å²) in [6.07, 6.45) is -1.62. The molecule has 0 radical (unpaired) electrons. The Labute approximate surface area is 530 Å². The molecule has 11 rings (SSSR count). The molecule has 0 unspecified atom stereocenters. The lowest BCUT2D eigenvalue weighted by atomic mass is 10.0. The molecule has 2 aliphatic heterocycles. The maximum absolute atomic E-state index is 14.7. The molecule has 482 valence electrons. The van der Waals surface area contributed by atoms with Gasteiger partial charge in [0.1, 0.15) is 69.6 Å². The minimum absolute atomic E-state index is 0.140. The van der Waals surface area contributed by atoms with E-state index in [-0.39, 0.29) is 16.7 Å². The third-order valence-electron chi connectivity index (χ3n) is 16.0. The monoisotopic (exact) mass is 1330 g/mol. The maximum Gasteiger partial charge on any atom is 0.266 e. The van der Waals surface area contributed by atoms with Gasteiger partial charge in [0.2, 0.25) is 0 Å². The van der Waals surface area contributed by atoms with Crippen LogP contribution in [0.25, 0.3) is 32.7 Å². The van der Waals surface area contributed by atoms with Crippen LogP contribution in [0.3, 0.4) is 0 Å². The van der Waals surface area contributed by atoms with E-state index in [9.17, 15) is 39.5 Å². The maximum atomic E-state index is 14.7. The van der Waals surface area contributed by atoms with Gasteiger partial charge in [-0.25, -0.2) is 69.4 Å². The van der Waals surface area contributed by atoms with Crippen LogP contribution in [0.2, 0.25) is 0 Å². The number of hydrogen-bond donors (Lipinski definition) is 3. The molecule has 0 aliphatic carbocycles. The number of nitrogens with zero attached hydrogens (tertiary/aromatic N) is 8. The SMILES string of the molecule is COc1cc2c(N[C@H](C)c3cccc(C(F)F)c3F)nc(C)nc2cc1Br.COc1cc2c(N[C@H](C)c3cccc(C(F)F)c3F)nc(C)nc2cc1N1CCCCC1.COc1cc2c(N[C@H](C)c3cccc(C(F)F)c3F)nc(C)nc2cc1N1CCCCC1. The molecule has 0 amide bonds. The topological polar surface area (TPSA) is 148 Å². The minimum Gasteiger partial charge on any atom is -0.496 e. The van der Waals surface area contributed by atoms with E-state index in [4.69, 9.17) is 14.2 Å². The molecule has 24 heteroatoms. The molecular formula is C67H71BrF9N11O3. The van der Waals surface area contributed by atoms with Gasteiger partial charge in [0.25, 0.3) is 19.3 Å². The van der Waals surface area contributed by atoms with Crippen LogP contribution < -0.4 is 40.0 Å². The molecule has 91 heavy (non-hydrogen) atoms. The van der Waals surface area contributed by atoms with E-state index in [0.29, 0.717) is 63.1 Å². The van der Waals surface area contributed by atoms with Gasteiger partial charge in [-0.3, -0.25) is 0 Å². The largest absolute Gasteiger partial charge is 0.496 e. The molecule has 3 atom stereocenters. The average Bonchev–Trinajstić information content (AvgIpc) is 0.903. The number of hydrogen-bond acceptors (Lipinski definition) is 14. The summed E-state index contributed by atoms with van der Waals surface area (Å²) in [4.78, 5) is 31.6. The number of fused-ring (bicyclic) bond motifs is 3. The summed E-state index contributed by atoms with van der Waals surface area (Å²) in [7, 11) is 4.80. The Morgan fingerprint density at radius 1 is 0.407 bits per heavy atom. The van der Waals surface area contributed by atoms with Crippen molar-refractivity contribution in [3.8, 4) is 17.2 Å². The molecule has 0 spiro atoms. The van der Waals surface area contributed by atoms with Crippen molar-refractivity contribution in [3.05, 3.63) is 164 Å². The first-order valence-electron chi connectivity index (χ1n) is 29.8. The lowest BCUT2D eigenvalue weighted by Gasteiger charge is -2.30. The van der Waals surface area contributed by atoms with Gasteiger partial charge in [-0.05, 0) is 132 Å². The molecule has 9 aromatic rings. The minimum atomic E-state index is -2.87. The summed E-state index contributed by atoms with van der Waals surface area (Å²) >= 11 is 3.42. The van der Waals surface area contributed by atoms with Gasteiger partial charge < -0.3 is 40.0 Å². The van der Waals surface area contributed by atoms with Crippen LogP contribution in [0.4, 0.5) is 68.3 Å². The van der Waals surface area contributed by atoms with Crippen molar-refractivity contribution < 1.29 is 53.7 Å². The summed E-state index contributed by atoms with van der Waals surface area (Å²) in [5.74, 6) is 2.43. The number of methoxy groups -OCH3 is 3. The number of alkyl halides is 6. The fourth-order valence-corrected chi connectivity index (χ4v) is 11.9. The predicted molar refractivity (Wildman–Crippen MR) is 342 cm³/mol. The number of aryl methyl sites for hydroxylation is 3. The molecule has 0 bridgehead atoms. The number of piperidine rings is 2. The van der Waals surface area contributed by atoms with Gasteiger partial charge in [0.05, 0.1) is 88.5 Å². The Bertz CT molecular complexity index is 3870. The highest BCUT2D eigenvalue weighted by Gasteiger charge is 2.26. The Hall–Kier alpha value is -8.41. The Morgan fingerprint density at radius 3 is 0.989 bits per heavy atom. The summed E-state index contributed by atoms with van der Waals surface area (Å²) in [5.41, 5.74) is 2.78. The number of rotatable bonds is 17. The van der Waals surface area contributed by atoms with Gasteiger partial charge >= 0.3 is 0 Å². The first kappa shape index (κ1) is 67.0. The molecule has 3 aromatic heterocycles. The molecule has 5 heterocycles. The predicted octanol–water partition coefficient (Wildman–Crippen LogP) is 18.3. The van der Waals surface area contributed by atoms with Crippen LogP contribution in [0, 0.1) is 38.2 Å². The van der Waals surface area contributed by atoms with Crippen LogP contribution in [0.1, 0.15) is 148 Å². The first-order valence-corrected chi connectivity index (χ1v) is 30.6. The van der Waals surface area contributed by atoms with E-state index < -0.39 is 71.5 Å². The number of halogens is 10. The highest BCUT2D eigenvalue weighted by Crippen LogP contribution is 2.41. The average molecular weight is 1330 g/mol. The second-order valence-electron chi connectivity index (χ2n) is 22.3. The Kier molecular flexibility index (Phi) is 21.9. The van der Waals surface area contributed by atoms with Crippen LogP contribution in [0.15, 0.2) is 95.5 Å². The highest BCUT2D eigenvalue weighted by atomic mass is 79.9. The lowest BCUT2D eigenvalue weighted by Crippen LogP contribution is -2.29. The fraction of sp³-hybridized carbons (Fsp3) is 0.373. The number of ether oxygens (including phenoxy) is 3. The number of anilines is 5. The summed E-state index contributed by atoms with van der Waals surface area (Å²) in [6, 6.07) is 21.7. The molecule has 2 fully saturated rings. The Morgan fingerprint density at radius 2 is 0.692 bits per heavy atom. The van der Waals surface area contributed by atoms with Gasteiger partial charge in [-0.15, -0.1) is 0 Å². The van der Waals surface area contributed by atoms with Crippen LogP contribution in [-0.2, 0) is 0 Å². The Balaban J connectivity index is 0.000000162. The first-order chi connectivity index (χ1) is 43.6. The molecule has 2 aliphatic rings. The van der Waals surface area contributed by atoms with Gasteiger partial charge in [0, 0.05) is 59.0 Å². The molecule has 14 nitrogen and oxygen atoms in total. The normalized spacial score (nSPS) is 14.4. The molecule has 0 saturated carbocycles. The molecule has 3 N–H and O–H groups in total. The van der Waals surface area contributed by atoms with Crippen LogP contribution in [-0.4, -0.2) is 77.4 Å². The van der Waals surface area contributed by atoms with Gasteiger partial charge in [-0.1, -0.05) is 54.6 Å². The third-order valence-corrected chi connectivity index (χ3v) is 16.7. The van der Waals surface area contributed by atoms with Gasteiger partial charge in [-0.2, -0.15) is 0 Å². The third kappa shape index (κ3) is 15.3. The van der Waals surface area contributed by atoms with Crippen molar-refractivity contribution in [3.63, 3.8) is 0 Å². The van der Waals surface area contributed by atoms with Crippen LogP contribution >= 0.6 is 15.9 Å². The number of aromatic nitrogens is 6. The van der Waals surface area contributed by atoms with E-state index in [1.165, 1.54) is 49.2 Å². The van der Waals surface area contributed by atoms with Crippen molar-refractivity contribution in [2.24, 2.45) is 0 Å². The molecular weight excluding hydrogens is 1260 g/mol. The molecule has 6 aromatic carbocycles. The fourth-order valence-electron chi connectivity index (χ4n) is 11.4. The zero-order valence-electron chi connectivity index (χ0n) is 51.8. The zero-order chi connectivity index (χ0) is 65.4. The van der Waals surface area contributed by atoms with E-state index >= 15 is 0 Å². The standard InChI is InChI=1S/2C24H27F3N4O.C19H17BrF3N3O/c2*1-14(16-8-7-9-17(22(16)25)23(26)27)28-24-18-12-21(32-3)20(31-10-5-4-6-11-31)13-19(18)29-15(2)30-24;1-9(11-5-4-6-12(17(11)21)18(22)23)24-19-13-7-16(27-3)14(20)8-15(13)25-10(2)26-19/h2*7-9,12-14,23H,4-6,10-11H2,1-3H3,(H,28,29,30);4-9,18H,1-3H3,(H,24,25,26)/t2*14-;9-/m111/s1.